The van der Waals surface area contributed by atoms with Crippen LogP contribution in [-0.4, -0.2) is 46.6 Å². The van der Waals surface area contributed by atoms with Gasteiger partial charge in [-0.05, 0) is 12.8 Å². The zero-order chi connectivity index (χ0) is 14.4. The topological polar surface area (TPSA) is 77.8 Å². The molecule has 0 rings (SSSR count). The number of carbonyl (C=O) groups is 1. The van der Waals surface area contributed by atoms with Gasteiger partial charge in [0, 0.05) is 32.2 Å². The first kappa shape index (κ1) is 17.4. The molecule has 1 amide bonds. The fraction of sp³-hybridized carbons (Fsp3) is 0.889. The van der Waals surface area contributed by atoms with Crippen LogP contribution in [0.2, 0.25) is 0 Å². The Morgan fingerprint density at radius 1 is 1.33 bits per heavy atom. The van der Waals surface area contributed by atoms with Crippen LogP contribution in [0.4, 0.5) is 13.2 Å². The molecule has 5 nitrogen and oxygen atoms in total. The highest BCUT2D eigenvalue weighted by Crippen LogP contribution is 2.36. The van der Waals surface area contributed by atoms with Gasteiger partial charge in [0.2, 0.25) is 5.91 Å². The average molecular weight is 291 g/mol. The van der Waals surface area contributed by atoms with Gasteiger partial charge in [0.05, 0.1) is 0 Å². The lowest BCUT2D eigenvalue weighted by Crippen LogP contribution is -2.29. The Balaban J connectivity index is 3.80. The summed E-state index contributed by atoms with van der Waals surface area (Å²) in [6.07, 6.45) is -5.87. The van der Waals surface area contributed by atoms with Crippen LogP contribution in [0.15, 0.2) is 0 Å². The molecule has 0 aromatic rings. The molecule has 0 aliphatic rings. The van der Waals surface area contributed by atoms with Crippen molar-refractivity contribution < 1.29 is 32.6 Å². The standard InChI is InChI=1S/C9H17F3NO4P/c1-18(16,17)7-2-4-8(14)13(15)6-3-5-9(10,11)12/h15H,2-7H2,1H3,(H,16,17). The first-order chi connectivity index (χ1) is 8.01. The number of hydrogen-bond acceptors (Lipinski definition) is 3. The van der Waals surface area contributed by atoms with Crippen molar-refractivity contribution in [3.8, 4) is 0 Å². The van der Waals surface area contributed by atoms with Crippen LogP contribution in [0.1, 0.15) is 25.7 Å². The van der Waals surface area contributed by atoms with Gasteiger partial charge in [-0.25, -0.2) is 5.06 Å². The Labute approximate surface area is 103 Å². The van der Waals surface area contributed by atoms with Gasteiger partial charge >= 0.3 is 6.18 Å². The van der Waals surface area contributed by atoms with Crippen molar-refractivity contribution in [1.29, 1.82) is 0 Å². The molecule has 0 aromatic carbocycles. The summed E-state index contributed by atoms with van der Waals surface area (Å²) in [5.74, 6) is -0.745. The van der Waals surface area contributed by atoms with Crippen molar-refractivity contribution in [3.63, 3.8) is 0 Å². The average Bonchev–Trinajstić information content (AvgIpc) is 2.13. The summed E-state index contributed by atoms with van der Waals surface area (Å²) >= 11 is 0. The lowest BCUT2D eigenvalue weighted by Gasteiger charge is -2.15. The van der Waals surface area contributed by atoms with E-state index in [-0.39, 0.29) is 30.5 Å². The third-order valence-electron chi connectivity index (χ3n) is 2.08. The summed E-state index contributed by atoms with van der Waals surface area (Å²) in [5.41, 5.74) is 0. The quantitative estimate of drug-likeness (QED) is 0.428. The van der Waals surface area contributed by atoms with Crippen LogP contribution in [0.5, 0.6) is 0 Å². The number of hydroxylamine groups is 2. The molecule has 18 heavy (non-hydrogen) atoms. The number of alkyl halides is 3. The van der Waals surface area contributed by atoms with Gasteiger partial charge in [-0.2, -0.15) is 13.2 Å². The third-order valence-corrected chi connectivity index (χ3v) is 3.23. The normalized spacial score (nSPS) is 15.2. The molecule has 0 aliphatic heterocycles. The fourth-order valence-electron chi connectivity index (χ4n) is 1.21. The molecule has 108 valence electrons. The van der Waals surface area contributed by atoms with Gasteiger partial charge in [-0.3, -0.25) is 14.6 Å². The first-order valence-electron chi connectivity index (χ1n) is 5.36. The zero-order valence-corrected chi connectivity index (χ0v) is 10.9. The predicted octanol–water partition coefficient (Wildman–Crippen LogP) is 2.23. The molecule has 1 atom stereocenters. The largest absolute Gasteiger partial charge is 0.389 e. The smallest absolute Gasteiger partial charge is 0.344 e. The maximum Gasteiger partial charge on any atom is 0.389 e. The summed E-state index contributed by atoms with van der Waals surface area (Å²) < 4.78 is 46.3. The minimum Gasteiger partial charge on any atom is -0.344 e. The molecule has 0 saturated heterocycles. The molecule has 0 aromatic heterocycles. The molecule has 1 unspecified atom stereocenters. The summed E-state index contributed by atoms with van der Waals surface area (Å²) in [6, 6.07) is 0. The fourth-order valence-corrected chi connectivity index (χ4v) is 1.95. The number of amides is 1. The molecule has 0 aliphatic carbocycles. The molecular weight excluding hydrogens is 274 g/mol. The van der Waals surface area contributed by atoms with Crippen molar-refractivity contribution in [3.05, 3.63) is 0 Å². The van der Waals surface area contributed by atoms with Crippen LogP contribution in [0.25, 0.3) is 0 Å². The van der Waals surface area contributed by atoms with E-state index in [9.17, 15) is 22.5 Å². The van der Waals surface area contributed by atoms with E-state index < -0.39 is 32.4 Å². The van der Waals surface area contributed by atoms with Crippen LogP contribution in [0.3, 0.4) is 0 Å². The van der Waals surface area contributed by atoms with E-state index >= 15 is 0 Å². The molecule has 0 spiro atoms. The second-order valence-electron chi connectivity index (χ2n) is 4.11. The summed E-state index contributed by atoms with van der Waals surface area (Å²) in [4.78, 5) is 20.2. The Bertz CT molecular complexity index is 315. The number of rotatable bonds is 7. The summed E-state index contributed by atoms with van der Waals surface area (Å²) in [5, 5.41) is 9.35. The molecule has 0 bridgehead atoms. The van der Waals surface area contributed by atoms with E-state index in [1.54, 1.807) is 0 Å². The second-order valence-corrected chi connectivity index (χ2v) is 6.66. The highest BCUT2D eigenvalue weighted by Gasteiger charge is 2.26. The Kier molecular flexibility index (Phi) is 6.88. The maximum atomic E-state index is 11.8. The number of hydrogen-bond donors (Lipinski definition) is 2. The number of nitrogens with zero attached hydrogens (tertiary/aromatic N) is 1. The Morgan fingerprint density at radius 2 is 1.89 bits per heavy atom. The molecule has 0 heterocycles. The van der Waals surface area contributed by atoms with Gasteiger partial charge in [0.15, 0.2) is 7.37 Å². The molecule has 0 fully saturated rings. The monoisotopic (exact) mass is 291 g/mol. The van der Waals surface area contributed by atoms with E-state index in [0.717, 1.165) is 6.66 Å². The van der Waals surface area contributed by atoms with E-state index in [4.69, 9.17) is 10.1 Å². The highest BCUT2D eigenvalue weighted by atomic mass is 31.2. The van der Waals surface area contributed by atoms with E-state index in [1.807, 2.05) is 0 Å². The number of carbonyl (C=O) groups excluding carboxylic acids is 1. The molecule has 0 radical (unpaired) electrons. The van der Waals surface area contributed by atoms with E-state index in [1.165, 1.54) is 0 Å². The lowest BCUT2D eigenvalue weighted by molar-refractivity contribution is -0.170. The number of halogens is 3. The minimum absolute atomic E-state index is 0.0604. The third kappa shape index (κ3) is 10.6. The van der Waals surface area contributed by atoms with Crippen LogP contribution in [0, 0.1) is 0 Å². The summed E-state index contributed by atoms with van der Waals surface area (Å²) in [6.45, 7) is 0.749. The van der Waals surface area contributed by atoms with Crippen molar-refractivity contribution >= 4 is 13.3 Å². The lowest BCUT2D eigenvalue weighted by atomic mass is 10.2. The molecule has 9 heteroatoms. The summed E-state index contributed by atoms with van der Waals surface area (Å²) in [7, 11) is -3.20. The SMILES string of the molecule is CP(=O)(O)CCCC(=O)N(O)CCCC(F)(F)F. The Morgan fingerprint density at radius 3 is 2.33 bits per heavy atom. The van der Waals surface area contributed by atoms with Crippen molar-refractivity contribution in [2.75, 3.05) is 19.4 Å². The van der Waals surface area contributed by atoms with Gasteiger partial charge < -0.3 is 4.89 Å². The van der Waals surface area contributed by atoms with Gasteiger partial charge in [-0.15, -0.1) is 0 Å². The van der Waals surface area contributed by atoms with Crippen molar-refractivity contribution in [2.45, 2.75) is 31.9 Å². The highest BCUT2D eigenvalue weighted by molar-refractivity contribution is 7.57. The molecule has 2 N–H and O–H groups in total. The Hall–Kier alpha value is -0.590. The minimum atomic E-state index is -4.31. The first-order valence-corrected chi connectivity index (χ1v) is 7.66. The second kappa shape index (κ2) is 7.11. The van der Waals surface area contributed by atoms with Crippen LogP contribution >= 0.6 is 7.37 Å². The van der Waals surface area contributed by atoms with Crippen LogP contribution in [-0.2, 0) is 9.36 Å². The molecular formula is C9H17F3NO4P. The zero-order valence-electron chi connectivity index (χ0n) is 9.98. The maximum absolute atomic E-state index is 11.8. The van der Waals surface area contributed by atoms with Crippen molar-refractivity contribution in [1.82, 2.24) is 5.06 Å². The molecule has 0 saturated carbocycles. The predicted molar refractivity (Wildman–Crippen MR) is 58.6 cm³/mol. The van der Waals surface area contributed by atoms with E-state index in [0.29, 0.717) is 0 Å². The van der Waals surface area contributed by atoms with Gasteiger partial charge in [0.1, 0.15) is 0 Å². The van der Waals surface area contributed by atoms with Crippen molar-refractivity contribution in [2.24, 2.45) is 0 Å². The van der Waals surface area contributed by atoms with Gasteiger partial charge in [0.25, 0.3) is 0 Å². The van der Waals surface area contributed by atoms with Gasteiger partial charge in [-0.1, -0.05) is 0 Å². The van der Waals surface area contributed by atoms with Crippen LogP contribution < -0.4 is 0 Å². The van der Waals surface area contributed by atoms with E-state index in [2.05, 4.69) is 0 Å².